The Hall–Kier alpha value is 0.394. The molecule has 0 saturated heterocycles. The molecule has 0 aromatic heterocycles. The minimum atomic E-state index is 0.977. The Morgan fingerprint density at radius 3 is 1.50 bits per heavy atom. The topological polar surface area (TPSA) is 3.24 Å². The van der Waals surface area contributed by atoms with Crippen LogP contribution in [-0.4, -0.2) is 30.6 Å². The van der Waals surface area contributed by atoms with Crippen LogP contribution in [0, 0.1) is 0 Å². The fourth-order valence-electron chi connectivity index (χ4n) is 0.112. The van der Waals surface area contributed by atoms with Gasteiger partial charge in [-0.2, -0.15) is 0 Å². The summed E-state index contributed by atoms with van der Waals surface area (Å²) in [5.41, 5.74) is 0. The number of hydrogen-bond donors (Lipinski definition) is 0. The van der Waals surface area contributed by atoms with Crippen LogP contribution in [0.15, 0.2) is 0 Å². The van der Waals surface area contributed by atoms with Crippen molar-refractivity contribution < 1.29 is 0 Å². The lowest BCUT2D eigenvalue weighted by Crippen LogP contribution is -2.22. The van der Waals surface area contributed by atoms with Crippen LogP contribution in [-0.2, 0) is 0 Å². The normalized spacial score (nSPS) is 10.0. The molecule has 34 valence electrons. The van der Waals surface area contributed by atoms with E-state index in [4.69, 9.17) is 0 Å². The molecule has 0 aliphatic heterocycles. The smallest absolute Gasteiger partial charge is 0.130 e. The van der Waals surface area contributed by atoms with Crippen molar-refractivity contribution in [3.8, 4) is 0 Å². The predicted octanol–water partition coefficient (Wildman–Crippen LogP) is 0.253. The van der Waals surface area contributed by atoms with Crippen molar-refractivity contribution in [2.75, 3.05) is 7.05 Å². The molecule has 0 fully saturated rings. The molecule has 0 aliphatic rings. The molecular formula is C3H9NSi2. The first-order valence-corrected chi connectivity index (χ1v) is 4.79. The Kier molecular flexibility index (Phi) is 3.81. The lowest BCUT2D eigenvalue weighted by molar-refractivity contribution is 0.854. The third-order valence-electron chi connectivity index (χ3n) is 0.671. The molecule has 0 aromatic rings. The molecule has 0 saturated carbocycles. The van der Waals surface area contributed by atoms with Gasteiger partial charge in [0.25, 0.3) is 0 Å². The molecule has 0 aromatic carbocycles. The lowest BCUT2D eigenvalue weighted by Gasteiger charge is -2.04. The molecule has 6 heavy (non-hydrogen) atoms. The fourth-order valence-corrected chi connectivity index (χ4v) is 1.01. The Balaban J connectivity index is 2.75. The maximum absolute atomic E-state index is 2.31. The molecule has 0 N–H and O–H groups in total. The minimum Gasteiger partial charge on any atom is -0.352 e. The standard InChI is InChI=1S/C3H9NSi2/c1-4(5-2)6-3/h1-3H3. The van der Waals surface area contributed by atoms with Gasteiger partial charge in [0.05, 0.1) is 0 Å². The van der Waals surface area contributed by atoms with Crippen molar-refractivity contribution in [1.82, 2.24) is 4.23 Å². The maximum Gasteiger partial charge on any atom is 0.130 e. The number of nitrogens with zero attached hydrogens (tertiary/aromatic N) is 1. The summed E-state index contributed by atoms with van der Waals surface area (Å²) in [5, 5.41) is 0. The molecule has 0 heterocycles. The largest absolute Gasteiger partial charge is 0.352 e. The van der Waals surface area contributed by atoms with Crippen molar-refractivity contribution in [3.05, 3.63) is 0 Å². The Bertz CT molecular complexity index is 28.0. The van der Waals surface area contributed by atoms with Gasteiger partial charge in [0.1, 0.15) is 19.4 Å². The lowest BCUT2D eigenvalue weighted by atomic mass is 11.6. The zero-order chi connectivity index (χ0) is 4.99. The van der Waals surface area contributed by atoms with Crippen molar-refractivity contribution in [2.45, 2.75) is 13.1 Å². The molecule has 0 aliphatic carbocycles. The third kappa shape index (κ3) is 2.62. The van der Waals surface area contributed by atoms with Gasteiger partial charge in [0, 0.05) is 0 Å². The highest BCUT2D eigenvalue weighted by molar-refractivity contribution is 6.48. The van der Waals surface area contributed by atoms with Gasteiger partial charge in [-0.1, -0.05) is 13.1 Å². The first-order valence-electron chi connectivity index (χ1n) is 1.89. The van der Waals surface area contributed by atoms with Gasteiger partial charge in [0.15, 0.2) is 0 Å². The van der Waals surface area contributed by atoms with Crippen LogP contribution in [0.1, 0.15) is 0 Å². The fraction of sp³-hybridized carbons (Fsp3) is 1.00. The Morgan fingerprint density at radius 1 is 1.17 bits per heavy atom. The minimum absolute atomic E-state index is 0.977. The third-order valence-corrected chi connectivity index (χ3v) is 3.35. The van der Waals surface area contributed by atoms with Gasteiger partial charge < -0.3 is 4.23 Å². The van der Waals surface area contributed by atoms with Crippen LogP contribution >= 0.6 is 0 Å². The van der Waals surface area contributed by atoms with Gasteiger partial charge in [-0.25, -0.2) is 0 Å². The molecular weight excluding hydrogens is 106 g/mol. The van der Waals surface area contributed by atoms with Crippen molar-refractivity contribution in [3.63, 3.8) is 0 Å². The van der Waals surface area contributed by atoms with Gasteiger partial charge in [-0.15, -0.1) is 0 Å². The molecule has 4 radical (unpaired) electrons. The molecule has 0 bridgehead atoms. The summed E-state index contributed by atoms with van der Waals surface area (Å²) in [4.78, 5) is 0. The summed E-state index contributed by atoms with van der Waals surface area (Å²) in [5.74, 6) is 0. The quantitative estimate of drug-likeness (QED) is 0.466. The summed E-state index contributed by atoms with van der Waals surface area (Å²) in [6.07, 6.45) is 0. The molecule has 0 rings (SSSR count). The zero-order valence-corrected chi connectivity index (χ0v) is 6.45. The van der Waals surface area contributed by atoms with Crippen molar-refractivity contribution >= 4 is 19.4 Å². The van der Waals surface area contributed by atoms with E-state index in [1.54, 1.807) is 0 Å². The van der Waals surface area contributed by atoms with E-state index in [-0.39, 0.29) is 0 Å². The highest BCUT2D eigenvalue weighted by Crippen LogP contribution is 1.68. The van der Waals surface area contributed by atoms with E-state index in [1.165, 1.54) is 0 Å². The molecule has 0 atom stereocenters. The molecule has 0 amide bonds. The van der Waals surface area contributed by atoms with Crippen LogP contribution in [0.3, 0.4) is 0 Å². The predicted molar refractivity (Wildman–Crippen MR) is 31.0 cm³/mol. The van der Waals surface area contributed by atoms with E-state index in [2.05, 4.69) is 24.4 Å². The molecule has 0 unspecified atom stereocenters. The van der Waals surface area contributed by atoms with Crippen LogP contribution < -0.4 is 0 Å². The van der Waals surface area contributed by atoms with E-state index in [0.717, 1.165) is 19.4 Å². The zero-order valence-electron chi connectivity index (χ0n) is 4.45. The summed E-state index contributed by atoms with van der Waals surface area (Å²) in [6, 6.07) is 0. The first-order chi connectivity index (χ1) is 2.81. The second kappa shape index (κ2) is 3.58. The Labute approximate surface area is 44.5 Å². The monoisotopic (exact) mass is 115 g/mol. The average molecular weight is 115 g/mol. The average Bonchev–Trinajstić information content (AvgIpc) is 1.65. The van der Waals surface area contributed by atoms with Crippen molar-refractivity contribution in [2.24, 2.45) is 0 Å². The molecule has 1 nitrogen and oxygen atoms in total. The number of rotatable bonds is 2. The molecule has 0 spiro atoms. The van der Waals surface area contributed by atoms with E-state index < -0.39 is 0 Å². The van der Waals surface area contributed by atoms with Crippen LogP contribution in [0.2, 0.25) is 13.1 Å². The highest BCUT2D eigenvalue weighted by Gasteiger charge is 1.85. The van der Waals surface area contributed by atoms with E-state index in [0.29, 0.717) is 0 Å². The summed E-state index contributed by atoms with van der Waals surface area (Å²) < 4.78 is 2.31. The van der Waals surface area contributed by atoms with Crippen LogP contribution in [0.5, 0.6) is 0 Å². The van der Waals surface area contributed by atoms with Crippen LogP contribution in [0.4, 0.5) is 0 Å². The summed E-state index contributed by atoms with van der Waals surface area (Å²) in [7, 11) is 4.09. The van der Waals surface area contributed by atoms with E-state index in [1.807, 2.05) is 0 Å². The molecule has 3 heteroatoms. The Morgan fingerprint density at radius 2 is 1.50 bits per heavy atom. The summed E-state index contributed by atoms with van der Waals surface area (Å²) in [6.45, 7) is 4.38. The van der Waals surface area contributed by atoms with Gasteiger partial charge in [-0.3, -0.25) is 0 Å². The van der Waals surface area contributed by atoms with E-state index in [9.17, 15) is 0 Å². The maximum atomic E-state index is 2.31. The van der Waals surface area contributed by atoms with Gasteiger partial charge in [0.2, 0.25) is 0 Å². The van der Waals surface area contributed by atoms with Gasteiger partial charge >= 0.3 is 0 Å². The van der Waals surface area contributed by atoms with Crippen LogP contribution in [0.25, 0.3) is 0 Å². The van der Waals surface area contributed by atoms with E-state index >= 15 is 0 Å². The summed E-state index contributed by atoms with van der Waals surface area (Å²) >= 11 is 0. The highest BCUT2D eigenvalue weighted by atomic mass is 28.3. The SMILES string of the molecule is C[Si]N(C)[Si]C. The second-order valence-corrected chi connectivity index (χ2v) is 3.69. The number of hydrogen-bond acceptors (Lipinski definition) is 1. The second-order valence-electron chi connectivity index (χ2n) is 1.01. The van der Waals surface area contributed by atoms with Gasteiger partial charge in [-0.05, 0) is 7.05 Å². The van der Waals surface area contributed by atoms with Crippen molar-refractivity contribution in [1.29, 1.82) is 0 Å². The first kappa shape index (κ1) is 6.39.